The first-order chi connectivity index (χ1) is 12.6. The zero-order valence-electron chi connectivity index (χ0n) is 13.7. The molecule has 0 spiro atoms. The molecular weight excluding hydrogens is 352 g/mol. The van der Waals surface area contributed by atoms with Crippen molar-refractivity contribution in [1.82, 2.24) is 14.7 Å². The number of amides is 2. The average molecular weight is 368 g/mol. The maximum absolute atomic E-state index is 12.5. The minimum atomic E-state index is -0.670. The molecule has 0 aliphatic carbocycles. The average Bonchev–Trinajstić information content (AvgIpc) is 3.34. The highest BCUT2D eigenvalue weighted by atomic mass is 32.1. The minimum Gasteiger partial charge on any atom is -0.368 e. The zero-order chi connectivity index (χ0) is 18.1. The first-order valence-electron chi connectivity index (χ1n) is 8.02. The van der Waals surface area contributed by atoms with E-state index in [9.17, 15) is 9.59 Å². The molecule has 3 aromatic rings. The van der Waals surface area contributed by atoms with Gasteiger partial charge in [0.05, 0.1) is 17.9 Å². The Morgan fingerprint density at radius 1 is 1.31 bits per heavy atom. The van der Waals surface area contributed by atoms with Gasteiger partial charge in [-0.05, 0) is 12.1 Å². The molecule has 2 amide bonds. The van der Waals surface area contributed by atoms with Crippen LogP contribution in [0, 0.1) is 0 Å². The minimum absolute atomic E-state index is 0.175. The highest BCUT2D eigenvalue weighted by Gasteiger charge is 2.34. The summed E-state index contributed by atoms with van der Waals surface area (Å²) in [5, 5.41) is 10.6. The third kappa shape index (κ3) is 3.04. The van der Waals surface area contributed by atoms with E-state index >= 15 is 0 Å². The first kappa shape index (κ1) is 16.3. The second kappa shape index (κ2) is 6.60. The number of aromatic nitrogens is 2. The number of anilines is 1. The third-order valence-corrected chi connectivity index (χ3v) is 4.87. The van der Waals surface area contributed by atoms with E-state index in [2.05, 4.69) is 15.4 Å². The molecule has 9 heteroatoms. The van der Waals surface area contributed by atoms with Crippen LogP contribution < -0.4 is 16.1 Å². The molecule has 1 unspecified atom stereocenters. The molecule has 0 fully saturated rings. The van der Waals surface area contributed by atoms with E-state index in [1.165, 1.54) is 16.3 Å². The van der Waals surface area contributed by atoms with Crippen LogP contribution in [-0.2, 0) is 16.1 Å². The molecule has 3 heterocycles. The molecule has 0 bridgehead atoms. The van der Waals surface area contributed by atoms with Gasteiger partial charge in [-0.1, -0.05) is 18.2 Å². The number of fused-ring (bicyclic) bond motifs is 1. The fraction of sp³-hybridized carbons (Fsp3) is 0.176. The van der Waals surface area contributed by atoms with Crippen LogP contribution in [0.3, 0.4) is 0 Å². The molecule has 1 aliphatic rings. The molecule has 0 radical (unpaired) electrons. The second-order valence-corrected chi connectivity index (χ2v) is 6.73. The van der Waals surface area contributed by atoms with Gasteiger partial charge < -0.3 is 11.1 Å². The van der Waals surface area contributed by atoms with Crippen LogP contribution >= 0.6 is 11.3 Å². The molecule has 132 valence electrons. The first-order valence-corrected chi connectivity index (χ1v) is 8.90. The summed E-state index contributed by atoms with van der Waals surface area (Å²) in [6.07, 6.45) is 3.95. The number of hydrogen-bond acceptors (Lipinski definition) is 6. The lowest BCUT2D eigenvalue weighted by Gasteiger charge is -2.20. The van der Waals surface area contributed by atoms with Crippen molar-refractivity contribution in [3.63, 3.8) is 0 Å². The fourth-order valence-electron chi connectivity index (χ4n) is 2.82. The quantitative estimate of drug-likeness (QED) is 0.704. The van der Waals surface area contributed by atoms with Crippen molar-refractivity contribution < 1.29 is 9.59 Å². The van der Waals surface area contributed by atoms with E-state index in [1.807, 2.05) is 52.5 Å². The van der Waals surface area contributed by atoms with E-state index in [0.717, 1.165) is 10.7 Å². The molecule has 0 saturated heterocycles. The van der Waals surface area contributed by atoms with Crippen LogP contribution in [0.15, 0.2) is 53.2 Å². The van der Waals surface area contributed by atoms with Crippen molar-refractivity contribution in [2.45, 2.75) is 19.0 Å². The van der Waals surface area contributed by atoms with Crippen molar-refractivity contribution in [3.05, 3.63) is 53.8 Å². The van der Waals surface area contributed by atoms with Gasteiger partial charge in [-0.2, -0.15) is 5.10 Å². The molecular formula is C17H16N6O2S. The summed E-state index contributed by atoms with van der Waals surface area (Å²) >= 11 is 1.53. The van der Waals surface area contributed by atoms with Gasteiger partial charge in [-0.3, -0.25) is 19.0 Å². The van der Waals surface area contributed by atoms with Gasteiger partial charge in [0.2, 0.25) is 5.91 Å². The van der Waals surface area contributed by atoms with Crippen LogP contribution in [0.4, 0.5) is 5.69 Å². The summed E-state index contributed by atoms with van der Waals surface area (Å²) in [5.74, 6) is -0.847. The van der Waals surface area contributed by atoms with Crippen LogP contribution in [0.5, 0.6) is 0 Å². The Bertz CT molecular complexity index is 965. The van der Waals surface area contributed by atoms with Gasteiger partial charge in [0.15, 0.2) is 4.96 Å². The van der Waals surface area contributed by atoms with Gasteiger partial charge in [-0.25, -0.2) is 4.98 Å². The summed E-state index contributed by atoms with van der Waals surface area (Å²) in [6.45, 7) is 0.291. The number of carbonyl (C=O) groups excluding carboxylic acids is 2. The number of imidazole rings is 1. The largest absolute Gasteiger partial charge is 0.368 e. The number of carbonyl (C=O) groups is 2. The predicted molar refractivity (Wildman–Crippen MR) is 98.9 cm³/mol. The maximum atomic E-state index is 12.5. The Labute approximate surface area is 152 Å². The molecule has 1 aliphatic heterocycles. The number of nitrogens with one attached hydrogen (secondary N) is 1. The lowest BCUT2D eigenvalue weighted by Crippen LogP contribution is -2.39. The van der Waals surface area contributed by atoms with Crippen LogP contribution in [0.25, 0.3) is 4.96 Å². The summed E-state index contributed by atoms with van der Waals surface area (Å²) < 4.78 is 1.90. The van der Waals surface area contributed by atoms with E-state index in [0.29, 0.717) is 12.2 Å². The monoisotopic (exact) mass is 368 g/mol. The SMILES string of the molecule is NC(=O)C1CC(C(=O)NCc2cn3ccsc3n2)=NN1c1ccccc1. The molecule has 1 aromatic carbocycles. The van der Waals surface area contributed by atoms with Crippen LogP contribution in [0.1, 0.15) is 12.1 Å². The Morgan fingerprint density at radius 3 is 2.85 bits per heavy atom. The van der Waals surface area contributed by atoms with E-state index in [1.54, 1.807) is 0 Å². The fourth-order valence-corrected chi connectivity index (χ4v) is 3.54. The molecule has 1 atom stereocenters. The summed E-state index contributed by atoms with van der Waals surface area (Å²) in [5.41, 5.74) is 7.24. The van der Waals surface area contributed by atoms with Gasteiger partial charge >= 0.3 is 0 Å². The van der Waals surface area contributed by atoms with Crippen molar-refractivity contribution >= 4 is 39.5 Å². The number of rotatable bonds is 5. The van der Waals surface area contributed by atoms with Crippen molar-refractivity contribution in [2.24, 2.45) is 10.8 Å². The number of nitrogens with zero attached hydrogens (tertiary/aromatic N) is 4. The highest BCUT2D eigenvalue weighted by Crippen LogP contribution is 2.24. The van der Waals surface area contributed by atoms with Gasteiger partial charge in [-0.15, -0.1) is 11.3 Å². The molecule has 8 nitrogen and oxygen atoms in total. The number of nitrogens with two attached hydrogens (primary N) is 1. The highest BCUT2D eigenvalue weighted by molar-refractivity contribution is 7.15. The maximum Gasteiger partial charge on any atom is 0.267 e. The lowest BCUT2D eigenvalue weighted by atomic mass is 10.1. The number of thiazole rings is 1. The topological polar surface area (TPSA) is 105 Å². The Balaban J connectivity index is 1.48. The molecule has 26 heavy (non-hydrogen) atoms. The molecule has 2 aromatic heterocycles. The van der Waals surface area contributed by atoms with Crippen molar-refractivity contribution in [1.29, 1.82) is 0 Å². The second-order valence-electron chi connectivity index (χ2n) is 5.86. The summed E-state index contributed by atoms with van der Waals surface area (Å²) in [6, 6.07) is 8.51. The van der Waals surface area contributed by atoms with Gasteiger partial charge in [0.1, 0.15) is 11.8 Å². The number of para-hydroxylation sites is 1. The Hall–Kier alpha value is -3.20. The van der Waals surface area contributed by atoms with Crippen molar-refractivity contribution in [3.8, 4) is 0 Å². The predicted octanol–water partition coefficient (Wildman–Crippen LogP) is 1.13. The number of benzene rings is 1. The number of hydrogen-bond donors (Lipinski definition) is 2. The standard InChI is InChI=1S/C17H16N6O2S/c18-15(24)14-8-13(21-23(14)12-4-2-1-3-5-12)16(25)19-9-11-10-22-6-7-26-17(22)20-11/h1-7,10,14H,8-9H2,(H2,18,24)(H,19,25). The number of primary amides is 1. The van der Waals surface area contributed by atoms with E-state index < -0.39 is 11.9 Å². The van der Waals surface area contributed by atoms with E-state index in [4.69, 9.17) is 5.73 Å². The lowest BCUT2D eigenvalue weighted by molar-refractivity contribution is -0.119. The van der Waals surface area contributed by atoms with Crippen molar-refractivity contribution in [2.75, 3.05) is 5.01 Å². The van der Waals surface area contributed by atoms with E-state index in [-0.39, 0.29) is 18.0 Å². The molecule has 3 N–H and O–H groups in total. The van der Waals surface area contributed by atoms with Crippen LogP contribution in [0.2, 0.25) is 0 Å². The summed E-state index contributed by atoms with van der Waals surface area (Å²) in [4.78, 5) is 29.5. The molecule has 4 rings (SSSR count). The summed E-state index contributed by atoms with van der Waals surface area (Å²) in [7, 11) is 0. The smallest absolute Gasteiger partial charge is 0.267 e. The van der Waals surface area contributed by atoms with Crippen LogP contribution in [-0.4, -0.2) is 33.0 Å². The number of hydrazone groups is 1. The molecule has 0 saturated carbocycles. The normalized spacial score (nSPS) is 16.7. The Kier molecular flexibility index (Phi) is 4.13. The Morgan fingerprint density at radius 2 is 2.12 bits per heavy atom. The van der Waals surface area contributed by atoms with Gasteiger partial charge in [0.25, 0.3) is 5.91 Å². The van der Waals surface area contributed by atoms with Gasteiger partial charge in [0, 0.05) is 24.2 Å². The zero-order valence-corrected chi connectivity index (χ0v) is 14.5. The third-order valence-electron chi connectivity index (χ3n) is 4.09.